The molecule has 2 rings (SSSR count). The zero-order valence-corrected chi connectivity index (χ0v) is 14.5. The number of hydrogen-bond donors (Lipinski definition) is 2. The second kappa shape index (κ2) is 8.33. The SMILES string of the molecule is C#CCNS(=O)(=O)c1ccc(C(=O)NCc2ccc(OC)cc2)cc1. The van der Waals surface area contributed by atoms with Crippen LogP contribution in [0.5, 0.6) is 5.75 Å². The van der Waals surface area contributed by atoms with Gasteiger partial charge in [-0.05, 0) is 42.0 Å². The van der Waals surface area contributed by atoms with Gasteiger partial charge in [-0.3, -0.25) is 4.79 Å². The predicted octanol–water partition coefficient (Wildman–Crippen LogP) is 1.54. The number of benzene rings is 2. The number of methoxy groups -OCH3 is 1. The summed E-state index contributed by atoms with van der Waals surface area (Å²) in [5, 5.41) is 2.77. The Morgan fingerprint density at radius 1 is 1.12 bits per heavy atom. The number of sulfonamides is 1. The molecule has 2 N–H and O–H groups in total. The first-order chi connectivity index (χ1) is 12.0. The Morgan fingerprint density at radius 2 is 1.76 bits per heavy atom. The summed E-state index contributed by atoms with van der Waals surface area (Å²) >= 11 is 0. The molecule has 0 atom stereocenters. The lowest BCUT2D eigenvalue weighted by molar-refractivity contribution is 0.0951. The standard InChI is InChI=1S/C18H18N2O4S/c1-3-12-20-25(22,23)17-10-6-15(7-11-17)18(21)19-13-14-4-8-16(24-2)9-5-14/h1,4-11,20H,12-13H2,2H3,(H,19,21). The fraction of sp³-hybridized carbons (Fsp3) is 0.167. The maximum Gasteiger partial charge on any atom is 0.251 e. The summed E-state index contributed by atoms with van der Waals surface area (Å²) < 4.78 is 31.2. The van der Waals surface area contributed by atoms with E-state index in [1.54, 1.807) is 7.11 Å². The molecule has 0 radical (unpaired) electrons. The minimum atomic E-state index is -3.66. The van der Waals surface area contributed by atoms with Crippen molar-refractivity contribution in [1.82, 2.24) is 10.0 Å². The Balaban J connectivity index is 1.99. The quantitative estimate of drug-likeness (QED) is 0.736. The molecule has 0 aliphatic rings. The van der Waals surface area contributed by atoms with Crippen LogP contribution in [0.4, 0.5) is 0 Å². The van der Waals surface area contributed by atoms with E-state index in [9.17, 15) is 13.2 Å². The van der Waals surface area contributed by atoms with Gasteiger partial charge in [0.05, 0.1) is 18.6 Å². The van der Waals surface area contributed by atoms with Gasteiger partial charge in [0.15, 0.2) is 0 Å². The molecule has 0 aliphatic carbocycles. The Morgan fingerprint density at radius 3 is 2.32 bits per heavy atom. The number of amides is 1. The fourth-order valence-electron chi connectivity index (χ4n) is 2.03. The van der Waals surface area contributed by atoms with Crippen molar-refractivity contribution in [2.45, 2.75) is 11.4 Å². The lowest BCUT2D eigenvalue weighted by Gasteiger charge is -2.08. The van der Waals surface area contributed by atoms with Gasteiger partial charge in [-0.1, -0.05) is 18.1 Å². The molecular weight excluding hydrogens is 340 g/mol. The molecule has 0 spiro atoms. The molecule has 0 aliphatic heterocycles. The summed E-state index contributed by atoms with van der Waals surface area (Å²) in [4.78, 5) is 12.2. The van der Waals surface area contributed by atoms with E-state index in [0.29, 0.717) is 12.1 Å². The summed E-state index contributed by atoms with van der Waals surface area (Å²) in [5.41, 5.74) is 1.29. The largest absolute Gasteiger partial charge is 0.497 e. The van der Waals surface area contributed by atoms with E-state index in [-0.39, 0.29) is 17.3 Å². The first-order valence-electron chi connectivity index (χ1n) is 7.40. The molecule has 2 aromatic rings. The van der Waals surface area contributed by atoms with E-state index in [1.807, 2.05) is 24.3 Å². The highest BCUT2D eigenvalue weighted by atomic mass is 32.2. The van der Waals surface area contributed by atoms with Crippen molar-refractivity contribution < 1.29 is 17.9 Å². The lowest BCUT2D eigenvalue weighted by atomic mass is 10.2. The van der Waals surface area contributed by atoms with Crippen molar-refractivity contribution in [3.8, 4) is 18.1 Å². The summed E-state index contributed by atoms with van der Waals surface area (Å²) in [6, 6.07) is 13.0. The van der Waals surface area contributed by atoms with Crippen LogP contribution in [0.15, 0.2) is 53.4 Å². The Hall–Kier alpha value is -2.82. The monoisotopic (exact) mass is 358 g/mol. The zero-order valence-electron chi connectivity index (χ0n) is 13.7. The Kier molecular flexibility index (Phi) is 6.17. The molecule has 0 aromatic heterocycles. The smallest absolute Gasteiger partial charge is 0.251 e. The molecule has 0 saturated carbocycles. The van der Waals surface area contributed by atoms with E-state index in [0.717, 1.165) is 11.3 Å². The molecule has 7 heteroatoms. The maximum absolute atomic E-state index is 12.1. The number of carbonyl (C=O) groups is 1. The van der Waals surface area contributed by atoms with Gasteiger partial charge in [0.25, 0.3) is 5.91 Å². The van der Waals surface area contributed by atoms with Crippen LogP contribution in [0, 0.1) is 12.3 Å². The van der Waals surface area contributed by atoms with Gasteiger partial charge < -0.3 is 10.1 Å². The van der Waals surface area contributed by atoms with Gasteiger partial charge in [-0.2, -0.15) is 4.72 Å². The number of terminal acetylenes is 1. The van der Waals surface area contributed by atoms with Crippen LogP contribution < -0.4 is 14.8 Å². The van der Waals surface area contributed by atoms with E-state index in [1.165, 1.54) is 24.3 Å². The number of hydrogen-bond acceptors (Lipinski definition) is 4. The Labute approximate surface area is 147 Å². The lowest BCUT2D eigenvalue weighted by Crippen LogP contribution is -2.25. The van der Waals surface area contributed by atoms with Crippen LogP contribution in [-0.2, 0) is 16.6 Å². The first-order valence-corrected chi connectivity index (χ1v) is 8.89. The van der Waals surface area contributed by atoms with Gasteiger partial charge in [-0.25, -0.2) is 8.42 Å². The summed E-state index contributed by atoms with van der Waals surface area (Å²) in [6.07, 6.45) is 5.04. The van der Waals surface area contributed by atoms with Crippen LogP contribution in [0.2, 0.25) is 0 Å². The van der Waals surface area contributed by atoms with Crippen molar-refractivity contribution in [2.75, 3.05) is 13.7 Å². The predicted molar refractivity (Wildman–Crippen MR) is 94.6 cm³/mol. The highest BCUT2D eigenvalue weighted by molar-refractivity contribution is 7.89. The number of nitrogens with one attached hydrogen (secondary N) is 2. The Bertz CT molecular complexity index is 867. The van der Waals surface area contributed by atoms with Crippen LogP contribution in [0.1, 0.15) is 15.9 Å². The van der Waals surface area contributed by atoms with Crippen molar-refractivity contribution >= 4 is 15.9 Å². The van der Waals surface area contributed by atoms with Crippen molar-refractivity contribution in [3.05, 3.63) is 59.7 Å². The molecule has 1 amide bonds. The molecule has 25 heavy (non-hydrogen) atoms. The third-order valence-electron chi connectivity index (χ3n) is 3.40. The molecule has 0 saturated heterocycles. The van der Waals surface area contributed by atoms with Gasteiger partial charge in [0.2, 0.25) is 10.0 Å². The molecule has 2 aromatic carbocycles. The molecule has 0 fully saturated rings. The van der Waals surface area contributed by atoms with Crippen molar-refractivity contribution in [2.24, 2.45) is 0 Å². The minimum absolute atomic E-state index is 0.0504. The van der Waals surface area contributed by atoms with E-state index in [2.05, 4.69) is 16.0 Å². The zero-order chi connectivity index (χ0) is 18.3. The second-order valence-corrected chi connectivity index (χ2v) is 6.85. The third kappa shape index (κ3) is 5.08. The minimum Gasteiger partial charge on any atom is -0.497 e. The molecule has 0 heterocycles. The van der Waals surface area contributed by atoms with E-state index in [4.69, 9.17) is 11.2 Å². The second-order valence-electron chi connectivity index (χ2n) is 5.08. The first kappa shape index (κ1) is 18.5. The molecule has 6 nitrogen and oxygen atoms in total. The van der Waals surface area contributed by atoms with E-state index < -0.39 is 10.0 Å². The van der Waals surface area contributed by atoms with E-state index >= 15 is 0 Å². The van der Waals surface area contributed by atoms with Crippen LogP contribution in [0.3, 0.4) is 0 Å². The summed E-state index contributed by atoms with van der Waals surface area (Å²) in [5.74, 6) is 2.65. The topological polar surface area (TPSA) is 84.5 Å². The van der Waals surface area contributed by atoms with Gasteiger partial charge >= 0.3 is 0 Å². The summed E-state index contributed by atoms with van der Waals surface area (Å²) in [7, 11) is -2.08. The van der Waals surface area contributed by atoms with Crippen LogP contribution in [0.25, 0.3) is 0 Å². The van der Waals surface area contributed by atoms with Crippen molar-refractivity contribution in [3.63, 3.8) is 0 Å². The number of ether oxygens (including phenoxy) is 1. The molecular formula is C18H18N2O4S. The van der Waals surface area contributed by atoms with Gasteiger partial charge in [0, 0.05) is 12.1 Å². The average molecular weight is 358 g/mol. The van der Waals surface area contributed by atoms with Crippen molar-refractivity contribution in [1.29, 1.82) is 0 Å². The fourth-order valence-corrected chi connectivity index (χ4v) is 2.97. The molecule has 0 unspecified atom stereocenters. The van der Waals surface area contributed by atoms with Crippen LogP contribution in [-0.4, -0.2) is 28.0 Å². The highest BCUT2D eigenvalue weighted by Crippen LogP contribution is 2.12. The average Bonchev–Trinajstić information content (AvgIpc) is 2.65. The number of carbonyl (C=O) groups excluding carboxylic acids is 1. The van der Waals surface area contributed by atoms with Crippen LogP contribution >= 0.6 is 0 Å². The normalized spacial score (nSPS) is 10.7. The highest BCUT2D eigenvalue weighted by Gasteiger charge is 2.14. The van der Waals surface area contributed by atoms with Gasteiger partial charge in [-0.15, -0.1) is 6.42 Å². The number of rotatable bonds is 7. The molecule has 130 valence electrons. The molecule has 0 bridgehead atoms. The summed E-state index contributed by atoms with van der Waals surface area (Å²) in [6.45, 7) is 0.263. The van der Waals surface area contributed by atoms with Gasteiger partial charge in [0.1, 0.15) is 5.75 Å². The maximum atomic E-state index is 12.1. The third-order valence-corrected chi connectivity index (χ3v) is 4.82.